The smallest absolute Gasteiger partial charge is 0.312 e. The van der Waals surface area contributed by atoms with Crippen molar-refractivity contribution in [3.8, 4) is 0 Å². The van der Waals surface area contributed by atoms with Crippen LogP contribution in [0.25, 0.3) is 0 Å². The molecule has 4 aliphatic rings. The van der Waals surface area contributed by atoms with Crippen LogP contribution in [-0.2, 0) is 23.9 Å². The molecular weight excluding hydrogens is 484 g/mol. The zero-order chi connectivity index (χ0) is 27.7. The van der Waals surface area contributed by atoms with E-state index in [4.69, 9.17) is 9.47 Å². The van der Waals surface area contributed by atoms with Gasteiger partial charge in [-0.25, -0.2) is 0 Å². The van der Waals surface area contributed by atoms with Gasteiger partial charge in [0.15, 0.2) is 0 Å². The summed E-state index contributed by atoms with van der Waals surface area (Å²) in [5.74, 6) is -2.55. The number of carbonyl (C=O) groups is 3. The molecule has 0 radical (unpaired) electrons. The molecule has 3 aliphatic heterocycles. The summed E-state index contributed by atoms with van der Waals surface area (Å²) in [5.41, 5.74) is -2.04. The number of aliphatic hydroxyl groups excluding tert-OH is 1. The number of hydrogen-bond acceptors (Lipinski definition) is 6. The van der Waals surface area contributed by atoms with E-state index in [1.807, 2.05) is 25.7 Å². The van der Waals surface area contributed by atoms with E-state index in [-0.39, 0.29) is 37.0 Å². The number of unbranched alkanes of at least 4 members (excludes halogenated alkanes) is 1. The molecule has 4 rings (SSSR count). The van der Waals surface area contributed by atoms with Crippen molar-refractivity contribution in [2.45, 2.75) is 108 Å². The normalized spacial score (nSPS) is 35.2. The van der Waals surface area contributed by atoms with Gasteiger partial charge in [0.2, 0.25) is 11.8 Å². The van der Waals surface area contributed by atoms with Gasteiger partial charge < -0.3 is 24.4 Å². The van der Waals surface area contributed by atoms with Crippen molar-refractivity contribution >= 4 is 17.8 Å². The van der Waals surface area contributed by atoms with Crippen molar-refractivity contribution in [3.05, 3.63) is 25.3 Å². The lowest BCUT2D eigenvalue weighted by Gasteiger charge is -2.42. The molecule has 3 unspecified atom stereocenters. The van der Waals surface area contributed by atoms with Crippen LogP contribution in [0.4, 0.5) is 0 Å². The van der Waals surface area contributed by atoms with Crippen LogP contribution in [0.2, 0.25) is 0 Å². The largest absolute Gasteiger partial charge is 0.465 e. The summed E-state index contributed by atoms with van der Waals surface area (Å²) < 4.78 is 12.5. The molecule has 8 heteroatoms. The Kier molecular flexibility index (Phi) is 8.72. The summed E-state index contributed by atoms with van der Waals surface area (Å²) in [6.07, 6.45) is 11.0. The molecule has 1 aliphatic carbocycles. The van der Waals surface area contributed by atoms with Crippen molar-refractivity contribution < 1.29 is 29.0 Å². The van der Waals surface area contributed by atoms with E-state index in [1.54, 1.807) is 17.1 Å². The summed E-state index contributed by atoms with van der Waals surface area (Å²) in [6, 6.07) is -1.36. The number of likely N-dealkylation sites (tertiary alicyclic amines) is 1. The van der Waals surface area contributed by atoms with Crippen LogP contribution >= 0.6 is 0 Å². The fraction of sp³-hybridized carbons (Fsp3) is 0.767. The van der Waals surface area contributed by atoms with E-state index in [2.05, 4.69) is 13.2 Å². The second kappa shape index (κ2) is 11.5. The standard InChI is InChI=1S/C30H46N2O6/c1-6-9-13-17-37-28(36)24-23-26(34)32(21(8-3)19-33)25(30(23)18-20(4)29(24,5)38-30)27(35)31(16-7-2)22-14-11-10-12-15-22/h6-7,20-25,33H,1-2,8-19H2,3-5H3/t20?,21-,23-,24-,25?,29+,30?/m0/s1. The number of amides is 2. The highest BCUT2D eigenvalue weighted by molar-refractivity contribution is 5.99. The average molecular weight is 531 g/mol. The van der Waals surface area contributed by atoms with E-state index < -0.39 is 41.1 Å². The highest BCUT2D eigenvalue weighted by Gasteiger charge is 2.80. The second-order valence-electron chi connectivity index (χ2n) is 11.9. The van der Waals surface area contributed by atoms with Crippen molar-refractivity contribution in [1.82, 2.24) is 9.80 Å². The van der Waals surface area contributed by atoms with E-state index in [9.17, 15) is 19.5 Å². The van der Waals surface area contributed by atoms with Gasteiger partial charge in [-0.15, -0.1) is 13.2 Å². The monoisotopic (exact) mass is 530 g/mol. The molecule has 3 heterocycles. The maximum Gasteiger partial charge on any atom is 0.312 e. The first-order valence-electron chi connectivity index (χ1n) is 14.5. The first-order valence-corrected chi connectivity index (χ1v) is 14.5. The molecule has 0 aromatic rings. The number of nitrogens with zero attached hydrogens (tertiary/aromatic N) is 2. The SMILES string of the molecule is C=CCCCOC(=O)[C@@H]1[C@H]2C(=O)N([C@@H](CC)CO)C(C(=O)N(CC=C)C3CCCCC3)C23CC(C)[C@@]1(C)O3. The zero-order valence-electron chi connectivity index (χ0n) is 23.4. The first-order chi connectivity index (χ1) is 18.2. The minimum Gasteiger partial charge on any atom is -0.465 e. The molecule has 1 N–H and O–H groups in total. The molecule has 2 amide bonds. The molecule has 4 fully saturated rings. The van der Waals surface area contributed by atoms with Crippen LogP contribution in [0, 0.1) is 17.8 Å². The maximum absolute atomic E-state index is 14.6. The van der Waals surface area contributed by atoms with E-state index in [0.29, 0.717) is 25.8 Å². The van der Waals surface area contributed by atoms with E-state index >= 15 is 0 Å². The zero-order valence-corrected chi connectivity index (χ0v) is 23.4. The number of fused-ring (bicyclic) bond motifs is 1. The Bertz CT molecular complexity index is 928. The number of esters is 1. The highest BCUT2D eigenvalue weighted by atomic mass is 16.6. The highest BCUT2D eigenvalue weighted by Crippen LogP contribution is 2.65. The number of hydrogen-bond donors (Lipinski definition) is 1. The summed E-state index contributed by atoms with van der Waals surface area (Å²) in [7, 11) is 0. The number of ether oxygens (including phenoxy) is 2. The van der Waals surface area contributed by atoms with Crippen LogP contribution in [0.1, 0.15) is 78.6 Å². The Morgan fingerprint density at radius 2 is 1.97 bits per heavy atom. The summed E-state index contributed by atoms with van der Waals surface area (Å²) in [5, 5.41) is 10.3. The molecule has 8 nitrogen and oxygen atoms in total. The van der Waals surface area contributed by atoms with Gasteiger partial charge in [0, 0.05) is 12.6 Å². The van der Waals surface area contributed by atoms with Crippen LogP contribution in [-0.4, -0.2) is 81.8 Å². The topological polar surface area (TPSA) is 96.4 Å². The van der Waals surface area contributed by atoms with Gasteiger partial charge in [0.1, 0.15) is 17.6 Å². The van der Waals surface area contributed by atoms with Gasteiger partial charge in [-0.2, -0.15) is 0 Å². The minimum absolute atomic E-state index is 0.0516. The van der Waals surface area contributed by atoms with Gasteiger partial charge in [-0.3, -0.25) is 14.4 Å². The van der Waals surface area contributed by atoms with Crippen LogP contribution in [0.5, 0.6) is 0 Å². The first kappa shape index (κ1) is 28.8. The van der Waals surface area contributed by atoms with Crippen molar-refractivity contribution in [2.75, 3.05) is 19.8 Å². The summed E-state index contributed by atoms with van der Waals surface area (Å²) in [4.78, 5) is 45.8. The van der Waals surface area contributed by atoms with Crippen molar-refractivity contribution in [2.24, 2.45) is 17.8 Å². The van der Waals surface area contributed by atoms with E-state index in [1.165, 1.54) is 0 Å². The lowest BCUT2D eigenvalue weighted by atomic mass is 9.62. The van der Waals surface area contributed by atoms with Gasteiger partial charge in [0.05, 0.1) is 30.8 Å². The van der Waals surface area contributed by atoms with Crippen LogP contribution < -0.4 is 0 Å². The fourth-order valence-electron chi connectivity index (χ4n) is 7.72. The lowest BCUT2D eigenvalue weighted by molar-refractivity contribution is -0.164. The molecular formula is C30H46N2O6. The Labute approximate surface area is 227 Å². The number of aliphatic hydroxyl groups is 1. The quantitative estimate of drug-likeness (QED) is 0.235. The summed E-state index contributed by atoms with van der Waals surface area (Å²) >= 11 is 0. The molecule has 1 spiro atoms. The van der Waals surface area contributed by atoms with Crippen molar-refractivity contribution in [3.63, 3.8) is 0 Å². The average Bonchev–Trinajstić information content (AvgIpc) is 3.43. The van der Waals surface area contributed by atoms with Crippen LogP contribution in [0.3, 0.4) is 0 Å². The second-order valence-corrected chi connectivity index (χ2v) is 11.9. The third kappa shape index (κ3) is 4.51. The summed E-state index contributed by atoms with van der Waals surface area (Å²) in [6.45, 7) is 13.8. The molecule has 7 atom stereocenters. The predicted molar refractivity (Wildman–Crippen MR) is 144 cm³/mol. The lowest BCUT2D eigenvalue weighted by Crippen LogP contribution is -2.60. The Morgan fingerprint density at radius 1 is 1.26 bits per heavy atom. The maximum atomic E-state index is 14.6. The molecule has 3 saturated heterocycles. The van der Waals surface area contributed by atoms with Gasteiger partial charge >= 0.3 is 5.97 Å². The fourth-order valence-corrected chi connectivity index (χ4v) is 7.72. The molecule has 212 valence electrons. The Hall–Kier alpha value is -2.19. The van der Waals surface area contributed by atoms with Crippen molar-refractivity contribution in [1.29, 1.82) is 0 Å². The third-order valence-electron chi connectivity index (χ3n) is 9.74. The Morgan fingerprint density at radius 3 is 2.58 bits per heavy atom. The number of rotatable bonds is 12. The number of allylic oxidation sites excluding steroid dienone is 1. The molecule has 1 saturated carbocycles. The van der Waals surface area contributed by atoms with E-state index in [0.717, 1.165) is 38.5 Å². The molecule has 0 aromatic carbocycles. The Balaban J connectivity index is 1.75. The van der Waals surface area contributed by atoms with Crippen LogP contribution in [0.15, 0.2) is 25.3 Å². The number of carbonyl (C=O) groups excluding carboxylic acids is 3. The molecule has 38 heavy (non-hydrogen) atoms. The minimum atomic E-state index is -1.14. The molecule has 2 bridgehead atoms. The van der Waals surface area contributed by atoms with Gasteiger partial charge in [-0.05, 0) is 51.4 Å². The molecule has 0 aromatic heterocycles. The van der Waals surface area contributed by atoms with Gasteiger partial charge in [0.25, 0.3) is 0 Å². The van der Waals surface area contributed by atoms with Gasteiger partial charge in [-0.1, -0.05) is 45.3 Å². The predicted octanol–water partition coefficient (Wildman–Crippen LogP) is 3.62. The third-order valence-corrected chi connectivity index (χ3v) is 9.74.